The summed E-state index contributed by atoms with van der Waals surface area (Å²) in [5, 5.41) is 0. The van der Waals surface area contributed by atoms with Crippen LogP contribution in [-0.4, -0.2) is 48.3 Å². The number of carbonyl (C=O) groups excluding carboxylic acids is 1. The summed E-state index contributed by atoms with van der Waals surface area (Å²) < 4.78 is 11.9. The first-order valence-corrected chi connectivity index (χ1v) is 9.24. The zero-order valence-corrected chi connectivity index (χ0v) is 15.0. The number of nitrogens with zero attached hydrogens (tertiary/aromatic N) is 1. The number of fused-ring (bicyclic) bond motifs is 3. The highest BCUT2D eigenvalue weighted by molar-refractivity contribution is 5.75. The Morgan fingerprint density at radius 3 is 2.78 bits per heavy atom. The Kier molecular flexibility index (Phi) is 4.84. The van der Waals surface area contributed by atoms with Crippen molar-refractivity contribution in [1.29, 1.82) is 0 Å². The third kappa shape index (κ3) is 3.34. The number of hydrogen-bond donors (Lipinski definition) is 0. The van der Waals surface area contributed by atoms with E-state index in [0.717, 1.165) is 45.3 Å². The lowest BCUT2D eigenvalue weighted by Gasteiger charge is -2.26. The summed E-state index contributed by atoms with van der Waals surface area (Å²) in [6.45, 7) is 11.5. The predicted octanol–water partition coefficient (Wildman–Crippen LogP) is 3.16. The fourth-order valence-corrected chi connectivity index (χ4v) is 4.31. The maximum atomic E-state index is 12.5. The van der Waals surface area contributed by atoms with Gasteiger partial charge < -0.3 is 14.4 Å². The highest BCUT2D eigenvalue weighted by atomic mass is 16.6. The van der Waals surface area contributed by atoms with Crippen molar-refractivity contribution in [3.05, 3.63) is 11.6 Å². The van der Waals surface area contributed by atoms with Crippen LogP contribution in [-0.2, 0) is 14.3 Å². The van der Waals surface area contributed by atoms with Crippen LogP contribution in [0.2, 0.25) is 0 Å². The van der Waals surface area contributed by atoms with Gasteiger partial charge in [-0.05, 0) is 52.6 Å². The van der Waals surface area contributed by atoms with E-state index in [9.17, 15) is 4.79 Å². The second-order valence-electron chi connectivity index (χ2n) is 7.64. The summed E-state index contributed by atoms with van der Waals surface area (Å²) in [6.07, 6.45) is 6.59. The van der Waals surface area contributed by atoms with Gasteiger partial charge in [0.05, 0.1) is 11.5 Å². The summed E-state index contributed by atoms with van der Waals surface area (Å²) in [4.78, 5) is 14.9. The van der Waals surface area contributed by atoms with E-state index in [-0.39, 0.29) is 35.6 Å². The lowest BCUT2D eigenvalue weighted by atomic mass is 9.80. The summed E-state index contributed by atoms with van der Waals surface area (Å²) >= 11 is 0. The molecule has 2 saturated heterocycles. The molecule has 3 rings (SSSR count). The Morgan fingerprint density at radius 1 is 1.35 bits per heavy atom. The van der Waals surface area contributed by atoms with Crippen molar-refractivity contribution in [2.45, 2.75) is 71.2 Å². The maximum absolute atomic E-state index is 12.5. The van der Waals surface area contributed by atoms with Crippen LogP contribution in [0.5, 0.6) is 0 Å². The number of epoxide rings is 1. The molecule has 23 heavy (non-hydrogen) atoms. The second-order valence-corrected chi connectivity index (χ2v) is 7.64. The van der Waals surface area contributed by atoms with E-state index in [1.54, 1.807) is 0 Å². The van der Waals surface area contributed by atoms with Gasteiger partial charge in [-0.15, -0.1) is 0 Å². The molecule has 3 aliphatic rings. The first-order chi connectivity index (χ1) is 11.0. The van der Waals surface area contributed by atoms with Crippen LogP contribution < -0.4 is 0 Å². The van der Waals surface area contributed by atoms with Crippen molar-refractivity contribution in [3.63, 3.8) is 0 Å². The smallest absolute Gasteiger partial charge is 0.311 e. The summed E-state index contributed by atoms with van der Waals surface area (Å²) in [5.41, 5.74) is 1.34. The second kappa shape index (κ2) is 6.56. The Balaban J connectivity index is 1.80. The molecule has 2 heterocycles. The van der Waals surface area contributed by atoms with Crippen LogP contribution in [0, 0.1) is 11.8 Å². The third-order valence-corrected chi connectivity index (χ3v) is 6.09. The van der Waals surface area contributed by atoms with Gasteiger partial charge in [-0.1, -0.05) is 25.5 Å². The quantitative estimate of drug-likeness (QED) is 0.453. The van der Waals surface area contributed by atoms with Gasteiger partial charge in [0.15, 0.2) is 0 Å². The average molecular weight is 321 g/mol. The van der Waals surface area contributed by atoms with Gasteiger partial charge in [-0.3, -0.25) is 4.79 Å². The molecule has 0 spiro atoms. The van der Waals surface area contributed by atoms with Gasteiger partial charge in [-0.2, -0.15) is 0 Å². The molecule has 4 heteroatoms. The number of esters is 1. The molecule has 0 radical (unpaired) electrons. The standard InChI is InChI=1S/C19H31NO3/c1-5-20(6-2)12-15-14-10-9-13(3)8-7-11-19(4)17(23-19)16(14)22-18(15)21/h8,14-17H,5-7,9-12H2,1-4H3. The zero-order valence-electron chi connectivity index (χ0n) is 15.0. The summed E-state index contributed by atoms with van der Waals surface area (Å²) in [6, 6.07) is 0. The fraction of sp³-hybridized carbons (Fsp3) is 0.842. The molecule has 0 aromatic heterocycles. The topological polar surface area (TPSA) is 42.1 Å². The van der Waals surface area contributed by atoms with Crippen molar-refractivity contribution in [2.24, 2.45) is 11.8 Å². The predicted molar refractivity (Wildman–Crippen MR) is 90.2 cm³/mol. The van der Waals surface area contributed by atoms with Crippen LogP contribution in [0.4, 0.5) is 0 Å². The lowest BCUT2D eigenvalue weighted by molar-refractivity contribution is -0.145. The zero-order chi connectivity index (χ0) is 16.6. The number of hydrogen-bond acceptors (Lipinski definition) is 4. The molecule has 0 N–H and O–H groups in total. The molecular formula is C19H31NO3. The maximum Gasteiger partial charge on any atom is 0.311 e. The van der Waals surface area contributed by atoms with E-state index < -0.39 is 0 Å². The van der Waals surface area contributed by atoms with Crippen LogP contribution >= 0.6 is 0 Å². The van der Waals surface area contributed by atoms with Gasteiger partial charge in [0, 0.05) is 12.5 Å². The van der Waals surface area contributed by atoms with Crippen molar-refractivity contribution in [1.82, 2.24) is 4.90 Å². The number of carbonyl (C=O) groups is 1. The molecule has 130 valence electrons. The molecular weight excluding hydrogens is 290 g/mol. The van der Waals surface area contributed by atoms with E-state index in [2.05, 4.69) is 38.7 Å². The van der Waals surface area contributed by atoms with Gasteiger partial charge in [0.2, 0.25) is 0 Å². The van der Waals surface area contributed by atoms with Gasteiger partial charge in [-0.25, -0.2) is 0 Å². The monoisotopic (exact) mass is 321 g/mol. The van der Waals surface area contributed by atoms with Crippen molar-refractivity contribution in [3.8, 4) is 0 Å². The molecule has 0 aromatic carbocycles. The molecule has 5 atom stereocenters. The Hall–Kier alpha value is -0.870. The summed E-state index contributed by atoms with van der Waals surface area (Å²) in [5.74, 6) is 0.280. The van der Waals surface area contributed by atoms with Gasteiger partial charge >= 0.3 is 5.97 Å². The first-order valence-electron chi connectivity index (χ1n) is 9.24. The van der Waals surface area contributed by atoms with Crippen LogP contribution in [0.25, 0.3) is 0 Å². The highest BCUT2D eigenvalue weighted by Crippen LogP contribution is 2.50. The van der Waals surface area contributed by atoms with Crippen LogP contribution in [0.1, 0.15) is 53.4 Å². The van der Waals surface area contributed by atoms with E-state index in [1.165, 1.54) is 5.57 Å². The van der Waals surface area contributed by atoms with E-state index in [1.807, 2.05) is 0 Å². The highest BCUT2D eigenvalue weighted by Gasteiger charge is 2.62. The molecule has 5 unspecified atom stereocenters. The van der Waals surface area contributed by atoms with E-state index >= 15 is 0 Å². The van der Waals surface area contributed by atoms with E-state index in [0.29, 0.717) is 0 Å². The molecule has 0 saturated carbocycles. The Bertz CT molecular complexity index is 485. The fourth-order valence-electron chi connectivity index (χ4n) is 4.31. The van der Waals surface area contributed by atoms with Crippen LogP contribution in [0.3, 0.4) is 0 Å². The van der Waals surface area contributed by atoms with Crippen molar-refractivity contribution < 1.29 is 14.3 Å². The number of rotatable bonds is 4. The SMILES string of the molecule is CCN(CC)CC1C(=O)OC2C1CCC(C)=CCCC1(C)OC21. The normalized spacial score (nSPS) is 40.2. The Morgan fingerprint density at radius 2 is 2.09 bits per heavy atom. The number of allylic oxidation sites excluding steroid dienone is 2. The minimum atomic E-state index is -0.0958. The number of ether oxygens (including phenoxy) is 2. The first kappa shape index (κ1) is 17.0. The molecule has 2 fully saturated rings. The third-order valence-electron chi connectivity index (χ3n) is 6.09. The minimum Gasteiger partial charge on any atom is -0.459 e. The molecule has 0 amide bonds. The molecule has 4 nitrogen and oxygen atoms in total. The molecule has 1 aliphatic carbocycles. The largest absolute Gasteiger partial charge is 0.459 e. The molecule has 0 aromatic rings. The molecule has 2 aliphatic heterocycles. The summed E-state index contributed by atoms with van der Waals surface area (Å²) in [7, 11) is 0. The van der Waals surface area contributed by atoms with Gasteiger partial charge in [0.25, 0.3) is 0 Å². The molecule has 0 bridgehead atoms. The van der Waals surface area contributed by atoms with Gasteiger partial charge in [0.1, 0.15) is 12.2 Å². The lowest BCUT2D eigenvalue weighted by Crippen LogP contribution is -2.36. The van der Waals surface area contributed by atoms with E-state index in [4.69, 9.17) is 9.47 Å². The van der Waals surface area contributed by atoms with Crippen LogP contribution in [0.15, 0.2) is 11.6 Å². The van der Waals surface area contributed by atoms with Crippen molar-refractivity contribution >= 4 is 5.97 Å². The minimum absolute atomic E-state index is 0.000534. The average Bonchev–Trinajstić information content (AvgIpc) is 3.09. The Labute approximate surface area is 140 Å². The van der Waals surface area contributed by atoms with Crippen molar-refractivity contribution in [2.75, 3.05) is 19.6 Å².